The molecule has 2 aromatic heterocycles. The Balaban J connectivity index is 1.57. The summed E-state index contributed by atoms with van der Waals surface area (Å²) in [6.45, 7) is 2.08. The monoisotopic (exact) mass is 349 g/mol. The topological polar surface area (TPSA) is 57.8 Å². The molecule has 2 fully saturated rings. The zero-order valence-corrected chi connectivity index (χ0v) is 14.8. The molecule has 0 unspecified atom stereocenters. The van der Waals surface area contributed by atoms with Crippen molar-refractivity contribution in [2.24, 2.45) is 5.41 Å². The van der Waals surface area contributed by atoms with Gasteiger partial charge in [0, 0.05) is 19.3 Å². The summed E-state index contributed by atoms with van der Waals surface area (Å²) in [6, 6.07) is 9.33. The molecule has 3 heterocycles. The van der Waals surface area contributed by atoms with E-state index in [9.17, 15) is 9.90 Å². The van der Waals surface area contributed by atoms with Crippen LogP contribution in [0.25, 0.3) is 16.6 Å². The van der Waals surface area contributed by atoms with Crippen LogP contribution in [-0.4, -0.2) is 33.6 Å². The van der Waals surface area contributed by atoms with Crippen LogP contribution in [0.2, 0.25) is 0 Å². The summed E-state index contributed by atoms with van der Waals surface area (Å²) in [6.07, 6.45) is 10.1. The lowest BCUT2D eigenvalue weighted by Crippen LogP contribution is -2.39. The summed E-state index contributed by atoms with van der Waals surface area (Å²) in [7, 11) is 0. The summed E-state index contributed by atoms with van der Waals surface area (Å²) in [4.78, 5) is 18.6. The van der Waals surface area contributed by atoms with Gasteiger partial charge in [-0.2, -0.15) is 0 Å². The summed E-state index contributed by atoms with van der Waals surface area (Å²) < 4.78 is 2.13. The first-order valence-electron chi connectivity index (χ1n) is 9.54. The maximum absolute atomic E-state index is 11.3. The molecule has 2 aliphatic rings. The number of hydrogen-bond acceptors (Lipinski definition) is 3. The van der Waals surface area contributed by atoms with E-state index in [0.29, 0.717) is 5.41 Å². The minimum atomic E-state index is -0.913. The average Bonchev–Trinajstić information content (AvgIpc) is 3.31. The van der Waals surface area contributed by atoms with Gasteiger partial charge in [-0.15, -0.1) is 0 Å². The second-order valence-electron chi connectivity index (χ2n) is 7.90. The van der Waals surface area contributed by atoms with Crippen molar-refractivity contribution in [3.05, 3.63) is 42.1 Å². The molecule has 1 aromatic carbocycles. The molecule has 0 atom stereocenters. The lowest BCUT2D eigenvalue weighted by Gasteiger charge is -2.40. The van der Waals surface area contributed by atoms with E-state index < -0.39 is 5.97 Å². The van der Waals surface area contributed by atoms with Crippen LogP contribution in [0.1, 0.15) is 48.9 Å². The standard InChI is InChI=1S/C21H23N3O2/c25-20(26)15-5-6-17-16(14-15)22-19(18-4-3-11-24(17)18)23-12-9-21(10-13-23)7-1-2-8-21/h3-6,11,14H,1-2,7-10,12-13H2,(H,25,26). The average molecular weight is 349 g/mol. The van der Waals surface area contributed by atoms with Crippen LogP contribution in [0.4, 0.5) is 5.82 Å². The second kappa shape index (κ2) is 5.73. The van der Waals surface area contributed by atoms with E-state index in [1.807, 2.05) is 18.3 Å². The third-order valence-corrected chi connectivity index (χ3v) is 6.47. The zero-order valence-electron chi connectivity index (χ0n) is 14.8. The van der Waals surface area contributed by atoms with Crippen molar-refractivity contribution in [1.82, 2.24) is 9.38 Å². The Morgan fingerprint density at radius 1 is 1.04 bits per heavy atom. The van der Waals surface area contributed by atoms with Gasteiger partial charge in [0.15, 0.2) is 5.82 Å². The molecule has 3 aromatic rings. The van der Waals surface area contributed by atoms with E-state index in [2.05, 4.69) is 15.4 Å². The Labute approximate surface area is 152 Å². The number of hydrogen-bond donors (Lipinski definition) is 1. The van der Waals surface area contributed by atoms with Crippen LogP contribution >= 0.6 is 0 Å². The van der Waals surface area contributed by atoms with Crippen molar-refractivity contribution in [2.75, 3.05) is 18.0 Å². The minimum absolute atomic E-state index is 0.283. The van der Waals surface area contributed by atoms with Crippen LogP contribution in [0, 0.1) is 5.41 Å². The predicted octanol–water partition coefficient (Wildman–Crippen LogP) is 4.35. The number of aromatic nitrogens is 2. The Kier molecular flexibility index (Phi) is 3.45. The van der Waals surface area contributed by atoms with E-state index in [0.717, 1.165) is 35.5 Å². The lowest BCUT2D eigenvalue weighted by atomic mass is 9.77. The maximum Gasteiger partial charge on any atom is 0.335 e. The highest BCUT2D eigenvalue weighted by atomic mass is 16.4. The number of rotatable bonds is 2. The van der Waals surface area contributed by atoms with Gasteiger partial charge in [-0.05, 0) is 61.4 Å². The van der Waals surface area contributed by atoms with Crippen molar-refractivity contribution in [1.29, 1.82) is 0 Å². The van der Waals surface area contributed by atoms with Gasteiger partial charge in [-0.3, -0.25) is 0 Å². The molecule has 1 N–H and O–H groups in total. The lowest BCUT2D eigenvalue weighted by molar-refractivity contribution is 0.0697. The van der Waals surface area contributed by atoms with Gasteiger partial charge in [0.1, 0.15) is 0 Å². The van der Waals surface area contributed by atoms with Crippen molar-refractivity contribution in [3.63, 3.8) is 0 Å². The SMILES string of the molecule is O=C(O)c1ccc2c(c1)nc(N1CCC3(CCCC3)CC1)c1cccn12. The van der Waals surface area contributed by atoms with Crippen molar-refractivity contribution in [2.45, 2.75) is 38.5 Å². The molecule has 26 heavy (non-hydrogen) atoms. The third-order valence-electron chi connectivity index (χ3n) is 6.47. The molecule has 1 saturated carbocycles. The molecular weight excluding hydrogens is 326 g/mol. The van der Waals surface area contributed by atoms with Gasteiger partial charge >= 0.3 is 5.97 Å². The van der Waals surface area contributed by atoms with Crippen molar-refractivity contribution >= 4 is 28.3 Å². The quantitative estimate of drug-likeness (QED) is 0.747. The number of nitrogens with zero attached hydrogens (tertiary/aromatic N) is 3. The Hall–Kier alpha value is -2.56. The molecule has 0 bridgehead atoms. The van der Waals surface area contributed by atoms with E-state index >= 15 is 0 Å². The molecule has 5 heteroatoms. The highest BCUT2D eigenvalue weighted by molar-refractivity contribution is 5.94. The molecule has 1 spiro atoms. The normalized spacial score (nSPS) is 19.6. The van der Waals surface area contributed by atoms with Gasteiger partial charge in [0.25, 0.3) is 0 Å². The molecule has 134 valence electrons. The maximum atomic E-state index is 11.3. The first-order chi connectivity index (χ1) is 12.7. The van der Waals surface area contributed by atoms with Crippen molar-refractivity contribution < 1.29 is 9.90 Å². The van der Waals surface area contributed by atoms with E-state index in [-0.39, 0.29) is 5.56 Å². The summed E-state index contributed by atoms with van der Waals surface area (Å²) in [5.74, 6) is 0.0712. The number of aromatic carboxylic acids is 1. The van der Waals surface area contributed by atoms with Crippen LogP contribution in [0.5, 0.6) is 0 Å². The van der Waals surface area contributed by atoms with E-state index in [1.165, 1.54) is 38.5 Å². The number of anilines is 1. The number of carbonyl (C=O) groups is 1. The summed E-state index contributed by atoms with van der Waals surface area (Å²) >= 11 is 0. The Bertz CT molecular complexity index is 991. The number of benzene rings is 1. The molecule has 1 saturated heterocycles. The first-order valence-corrected chi connectivity index (χ1v) is 9.54. The zero-order chi connectivity index (χ0) is 17.7. The number of fused-ring (bicyclic) bond motifs is 3. The fourth-order valence-electron chi connectivity index (χ4n) is 4.94. The second-order valence-corrected chi connectivity index (χ2v) is 7.90. The van der Waals surface area contributed by atoms with Gasteiger partial charge in [-0.25, -0.2) is 9.78 Å². The van der Waals surface area contributed by atoms with Gasteiger partial charge in [0.2, 0.25) is 0 Å². The van der Waals surface area contributed by atoms with Crippen LogP contribution in [0.3, 0.4) is 0 Å². The van der Waals surface area contributed by atoms with Crippen LogP contribution in [-0.2, 0) is 0 Å². The minimum Gasteiger partial charge on any atom is -0.478 e. The largest absolute Gasteiger partial charge is 0.478 e. The van der Waals surface area contributed by atoms with Crippen LogP contribution in [0.15, 0.2) is 36.5 Å². The van der Waals surface area contributed by atoms with E-state index in [4.69, 9.17) is 4.98 Å². The van der Waals surface area contributed by atoms with Gasteiger partial charge < -0.3 is 14.4 Å². The first kappa shape index (κ1) is 15.7. The van der Waals surface area contributed by atoms with Crippen LogP contribution < -0.4 is 4.90 Å². The fraction of sp³-hybridized carbons (Fsp3) is 0.429. The third kappa shape index (κ3) is 2.37. The highest BCUT2D eigenvalue weighted by Gasteiger charge is 2.37. The van der Waals surface area contributed by atoms with Gasteiger partial charge in [0.05, 0.1) is 22.1 Å². The molecule has 0 amide bonds. The summed E-state index contributed by atoms with van der Waals surface area (Å²) in [5, 5.41) is 9.31. The summed E-state index contributed by atoms with van der Waals surface area (Å²) in [5.41, 5.74) is 3.64. The molecule has 1 aliphatic heterocycles. The molecule has 1 aliphatic carbocycles. The number of carboxylic acids is 1. The fourth-order valence-corrected chi connectivity index (χ4v) is 4.94. The smallest absolute Gasteiger partial charge is 0.335 e. The van der Waals surface area contributed by atoms with Gasteiger partial charge in [-0.1, -0.05) is 12.8 Å². The number of carboxylic acid groups (broad SMARTS) is 1. The molecular formula is C21H23N3O2. The Morgan fingerprint density at radius 2 is 1.81 bits per heavy atom. The predicted molar refractivity (Wildman–Crippen MR) is 102 cm³/mol. The molecule has 0 radical (unpaired) electrons. The molecule has 5 rings (SSSR count). The van der Waals surface area contributed by atoms with Crippen molar-refractivity contribution in [3.8, 4) is 0 Å². The highest BCUT2D eigenvalue weighted by Crippen LogP contribution is 2.46. The molecule has 5 nitrogen and oxygen atoms in total. The number of piperidine rings is 1. The Morgan fingerprint density at radius 3 is 2.54 bits per heavy atom. The van der Waals surface area contributed by atoms with E-state index in [1.54, 1.807) is 12.1 Å².